The summed E-state index contributed by atoms with van der Waals surface area (Å²) in [6, 6.07) is 4.56. The van der Waals surface area contributed by atoms with Crippen LogP contribution in [-0.2, 0) is 35.2 Å². The molecule has 15 nitrogen and oxygen atoms in total. The molecule has 1 aromatic rings. The van der Waals surface area contributed by atoms with E-state index in [0.717, 1.165) is 18.5 Å². The molecule has 1 aliphatic heterocycles. The second-order valence-corrected chi connectivity index (χ2v) is 12.4. The predicted octanol–water partition coefficient (Wildman–Crippen LogP) is -3.95. The minimum absolute atomic E-state index is 0.0118. The Morgan fingerprint density at radius 2 is 1.68 bits per heavy atom. The number of guanidine groups is 1. The highest BCUT2D eigenvalue weighted by Crippen LogP contribution is 2.08. The highest BCUT2D eigenvalue weighted by molar-refractivity contribution is 7.98. The molecule has 0 aromatic heterocycles. The molecule has 2 rings (SSSR count). The van der Waals surface area contributed by atoms with Crippen LogP contribution in [0.25, 0.3) is 0 Å². The number of benzene rings is 1. The minimum atomic E-state index is -1.14. The van der Waals surface area contributed by atoms with Crippen molar-refractivity contribution >= 4 is 66.2 Å². The SMILES string of the molecule is CSCC[C@@H](C=O)NC(=O)[C@H](CCC[NH+]=C(N)N)NC(=O)[C@H](Cc1ccccc1)NC(=O)[C@H](CS)NC(=O)CNC(=O)[C@@H]1CCCN1. The van der Waals surface area contributed by atoms with Gasteiger partial charge < -0.3 is 36.7 Å². The number of amides is 5. The van der Waals surface area contributed by atoms with Gasteiger partial charge in [0.05, 0.1) is 25.2 Å². The Labute approximate surface area is 284 Å². The van der Waals surface area contributed by atoms with Crippen LogP contribution in [0.2, 0.25) is 0 Å². The van der Waals surface area contributed by atoms with E-state index in [9.17, 15) is 28.8 Å². The quantitative estimate of drug-likeness (QED) is 0.0197. The average Bonchev–Trinajstić information content (AvgIpc) is 3.61. The lowest BCUT2D eigenvalue weighted by molar-refractivity contribution is -0.459. The second kappa shape index (κ2) is 21.9. The Morgan fingerprint density at radius 3 is 2.30 bits per heavy atom. The molecular formula is C30H48N9O6S2+. The first kappa shape index (κ1) is 39.3. The maximum atomic E-state index is 13.7. The zero-order valence-corrected chi connectivity index (χ0v) is 28.3. The van der Waals surface area contributed by atoms with Crippen LogP contribution >= 0.6 is 24.4 Å². The molecule has 17 heteroatoms. The van der Waals surface area contributed by atoms with Crippen LogP contribution in [0.3, 0.4) is 0 Å². The van der Waals surface area contributed by atoms with E-state index in [4.69, 9.17) is 11.5 Å². The van der Waals surface area contributed by atoms with Crippen LogP contribution in [0.15, 0.2) is 30.3 Å². The van der Waals surface area contributed by atoms with Gasteiger partial charge >= 0.3 is 5.96 Å². The normalized spacial score (nSPS) is 16.4. The standard InChI is InChI=1S/C30H47N9O6S2/c1-47-14-11-20(17-40)36-27(43)22(10-6-13-34-30(31)32)38-28(44)23(15-19-7-3-2-4-8-19)39-29(45)24(18-46)37-25(41)16-35-26(42)21-9-5-12-33-21/h2-4,7-8,17,20-24,33,46H,5-6,9-16,18H2,1H3,(H,35,42)(H,36,43)(H,37,41)(H,38,44)(H,39,45)(H4,31,32,34)/p+1/t20-,21-,22-,23-,24-/m0/s1. The number of rotatable bonds is 21. The number of carbonyl (C=O) groups is 6. The van der Waals surface area contributed by atoms with E-state index in [-0.39, 0.29) is 43.0 Å². The lowest BCUT2D eigenvalue weighted by Crippen LogP contribution is -2.78. The molecular weight excluding hydrogens is 647 g/mol. The summed E-state index contributed by atoms with van der Waals surface area (Å²) >= 11 is 5.74. The van der Waals surface area contributed by atoms with E-state index in [1.807, 2.05) is 12.3 Å². The van der Waals surface area contributed by atoms with E-state index in [0.29, 0.717) is 37.8 Å². The molecule has 0 aliphatic carbocycles. The third-order valence-electron chi connectivity index (χ3n) is 7.31. The second-order valence-electron chi connectivity index (χ2n) is 11.0. The molecule has 1 fully saturated rings. The number of nitrogens with two attached hydrogens (primary N) is 2. The number of thiol groups is 1. The van der Waals surface area contributed by atoms with E-state index < -0.39 is 47.8 Å². The zero-order valence-electron chi connectivity index (χ0n) is 26.6. The molecule has 5 amide bonds. The first-order chi connectivity index (χ1) is 22.6. The first-order valence-electron chi connectivity index (χ1n) is 15.5. The van der Waals surface area contributed by atoms with Gasteiger partial charge in [-0.1, -0.05) is 30.3 Å². The first-order valence-corrected chi connectivity index (χ1v) is 17.5. The van der Waals surface area contributed by atoms with Gasteiger partial charge in [0.15, 0.2) is 0 Å². The number of hydrogen-bond donors (Lipinski definition) is 10. The van der Waals surface area contributed by atoms with Gasteiger partial charge in [-0.3, -0.25) is 40.4 Å². The number of carbonyl (C=O) groups excluding carboxylic acids is 6. The maximum Gasteiger partial charge on any atom is 0.338 e. The Morgan fingerprint density at radius 1 is 1.00 bits per heavy atom. The molecule has 260 valence electrons. The van der Waals surface area contributed by atoms with Crippen molar-refractivity contribution in [2.24, 2.45) is 11.5 Å². The van der Waals surface area contributed by atoms with Crippen LogP contribution in [0.4, 0.5) is 0 Å². The highest BCUT2D eigenvalue weighted by Gasteiger charge is 2.30. The molecule has 1 heterocycles. The molecule has 5 atom stereocenters. The minimum Gasteiger partial charge on any atom is -0.346 e. The van der Waals surface area contributed by atoms with Gasteiger partial charge in [-0.25, -0.2) is 0 Å². The van der Waals surface area contributed by atoms with Crippen molar-refractivity contribution in [3.05, 3.63) is 35.9 Å². The van der Waals surface area contributed by atoms with Crippen LogP contribution in [0.5, 0.6) is 0 Å². The van der Waals surface area contributed by atoms with Gasteiger partial charge in [-0.2, -0.15) is 24.4 Å². The Bertz CT molecular complexity index is 1210. The average molecular weight is 695 g/mol. The van der Waals surface area contributed by atoms with Crippen molar-refractivity contribution in [1.82, 2.24) is 31.9 Å². The zero-order chi connectivity index (χ0) is 34.6. The fraction of sp³-hybridized carbons (Fsp3) is 0.567. The molecule has 1 saturated heterocycles. The molecule has 0 spiro atoms. The van der Waals surface area contributed by atoms with Crippen molar-refractivity contribution in [3.63, 3.8) is 0 Å². The summed E-state index contributed by atoms with van der Waals surface area (Å²) in [5, 5.41) is 16.3. The largest absolute Gasteiger partial charge is 0.346 e. The number of nitrogens with one attached hydrogen (secondary N) is 7. The molecule has 1 aliphatic rings. The molecule has 0 unspecified atom stereocenters. The molecule has 11 N–H and O–H groups in total. The van der Waals surface area contributed by atoms with Crippen molar-refractivity contribution < 1.29 is 33.8 Å². The molecule has 0 bridgehead atoms. The number of hydrogen-bond acceptors (Lipinski definition) is 9. The lowest BCUT2D eigenvalue weighted by Gasteiger charge is -2.26. The van der Waals surface area contributed by atoms with Gasteiger partial charge in [-0.15, -0.1) is 0 Å². The van der Waals surface area contributed by atoms with Crippen LogP contribution in [0, 0.1) is 0 Å². The third-order valence-corrected chi connectivity index (χ3v) is 8.32. The lowest BCUT2D eigenvalue weighted by atomic mass is 10.0. The van der Waals surface area contributed by atoms with Gasteiger partial charge in [0.1, 0.15) is 24.4 Å². The van der Waals surface area contributed by atoms with E-state index in [1.54, 1.807) is 24.3 Å². The predicted molar refractivity (Wildman–Crippen MR) is 183 cm³/mol. The van der Waals surface area contributed by atoms with Crippen LogP contribution < -0.4 is 48.4 Å². The summed E-state index contributed by atoms with van der Waals surface area (Å²) in [7, 11) is 0. The number of aldehydes is 1. The Kier molecular flexibility index (Phi) is 18.3. The monoisotopic (exact) mass is 694 g/mol. The van der Waals surface area contributed by atoms with Crippen molar-refractivity contribution in [2.45, 2.75) is 68.7 Å². The molecule has 1 aromatic carbocycles. The Balaban J connectivity index is 2.16. The maximum absolute atomic E-state index is 13.7. The van der Waals surface area contributed by atoms with E-state index in [2.05, 4.69) is 49.5 Å². The van der Waals surface area contributed by atoms with Gasteiger partial charge in [-0.05, 0) is 56.2 Å². The Hall–Kier alpha value is -3.83. The van der Waals surface area contributed by atoms with Gasteiger partial charge in [0, 0.05) is 12.2 Å². The summed E-state index contributed by atoms with van der Waals surface area (Å²) in [4.78, 5) is 79.5. The van der Waals surface area contributed by atoms with Gasteiger partial charge in [0.2, 0.25) is 29.5 Å². The van der Waals surface area contributed by atoms with Gasteiger partial charge in [0.25, 0.3) is 0 Å². The summed E-state index contributed by atoms with van der Waals surface area (Å²) in [5.41, 5.74) is 11.7. The van der Waals surface area contributed by atoms with Crippen molar-refractivity contribution in [2.75, 3.05) is 37.4 Å². The summed E-state index contributed by atoms with van der Waals surface area (Å²) in [6.45, 7) is 0.725. The summed E-state index contributed by atoms with van der Waals surface area (Å²) < 4.78 is 0. The van der Waals surface area contributed by atoms with Crippen molar-refractivity contribution in [1.29, 1.82) is 0 Å². The smallest absolute Gasteiger partial charge is 0.338 e. The molecule has 47 heavy (non-hydrogen) atoms. The molecule has 0 saturated carbocycles. The topological polar surface area (TPSA) is 241 Å². The fourth-order valence-electron chi connectivity index (χ4n) is 4.75. The fourth-order valence-corrected chi connectivity index (χ4v) is 5.50. The third kappa shape index (κ3) is 15.1. The van der Waals surface area contributed by atoms with E-state index >= 15 is 0 Å². The van der Waals surface area contributed by atoms with E-state index in [1.165, 1.54) is 11.8 Å². The molecule has 0 radical (unpaired) electrons. The highest BCUT2D eigenvalue weighted by atomic mass is 32.2. The van der Waals surface area contributed by atoms with Crippen LogP contribution in [0.1, 0.15) is 37.7 Å². The number of thioether (sulfide) groups is 1. The summed E-state index contributed by atoms with van der Waals surface area (Å²) in [5.74, 6) is -2.20. The summed E-state index contributed by atoms with van der Waals surface area (Å²) in [6.07, 6.45) is 5.15. The van der Waals surface area contributed by atoms with Crippen molar-refractivity contribution in [3.8, 4) is 0 Å². The van der Waals surface area contributed by atoms with Crippen LogP contribution in [-0.4, -0.2) is 109 Å².